The van der Waals surface area contributed by atoms with E-state index < -0.39 is 0 Å². The van der Waals surface area contributed by atoms with Gasteiger partial charge in [0.15, 0.2) is 0 Å². The van der Waals surface area contributed by atoms with Crippen molar-refractivity contribution in [3.05, 3.63) is 83.2 Å². The van der Waals surface area contributed by atoms with E-state index in [-0.39, 0.29) is 17.4 Å². The first-order chi connectivity index (χ1) is 14.9. The van der Waals surface area contributed by atoms with Crippen LogP contribution in [0.5, 0.6) is 5.75 Å². The predicted molar refractivity (Wildman–Crippen MR) is 122 cm³/mol. The highest BCUT2D eigenvalue weighted by molar-refractivity contribution is 5.76. The summed E-state index contributed by atoms with van der Waals surface area (Å²) in [6, 6.07) is 18.3. The number of ether oxygens (including phenoxy) is 1. The van der Waals surface area contributed by atoms with Crippen LogP contribution in [0.3, 0.4) is 0 Å². The smallest absolute Gasteiger partial charge is 0.220 e. The molecule has 5 heteroatoms. The zero-order valence-corrected chi connectivity index (χ0v) is 18.6. The van der Waals surface area contributed by atoms with Gasteiger partial charge in [-0.15, -0.1) is 0 Å². The summed E-state index contributed by atoms with van der Waals surface area (Å²) in [5, 5.41) is 7.96. The average molecular weight is 418 g/mol. The van der Waals surface area contributed by atoms with Crippen LogP contribution in [0.15, 0.2) is 60.8 Å². The molecule has 162 valence electrons. The van der Waals surface area contributed by atoms with E-state index in [0.29, 0.717) is 12.8 Å². The topological polar surface area (TPSA) is 56.1 Å². The van der Waals surface area contributed by atoms with Gasteiger partial charge in [0.1, 0.15) is 5.75 Å². The summed E-state index contributed by atoms with van der Waals surface area (Å²) < 4.78 is 7.30. The molecule has 0 spiro atoms. The third-order valence-electron chi connectivity index (χ3n) is 6.07. The van der Waals surface area contributed by atoms with Gasteiger partial charge in [-0.25, -0.2) is 0 Å². The predicted octanol–water partition coefficient (Wildman–Crippen LogP) is 4.70. The van der Waals surface area contributed by atoms with Crippen LogP contribution in [0.4, 0.5) is 0 Å². The molecule has 1 unspecified atom stereocenters. The second kappa shape index (κ2) is 8.96. The third-order valence-corrected chi connectivity index (χ3v) is 6.07. The van der Waals surface area contributed by atoms with E-state index in [9.17, 15) is 4.79 Å². The number of aromatic nitrogens is 2. The average Bonchev–Trinajstić information content (AvgIpc) is 3.15. The van der Waals surface area contributed by atoms with Crippen molar-refractivity contribution in [2.75, 3.05) is 7.11 Å². The second-order valence-corrected chi connectivity index (χ2v) is 9.20. The van der Waals surface area contributed by atoms with Gasteiger partial charge in [-0.1, -0.05) is 56.3 Å². The van der Waals surface area contributed by atoms with Crippen molar-refractivity contribution in [1.29, 1.82) is 0 Å². The molecule has 5 nitrogen and oxygen atoms in total. The number of carbonyl (C=O) groups excluding carboxylic acids is 1. The number of hydrogen-bond acceptors (Lipinski definition) is 3. The molecule has 4 rings (SSSR count). The number of carbonyl (C=O) groups is 1. The number of rotatable bonds is 7. The standard InChI is InChI=1S/C26H31N3O2/c1-26(2)15-23(28-25(30)14-11-19-9-12-21(31-3)13-10-19)22-17-27-29(24(22)16-26)18-20-7-5-4-6-8-20/h4-10,12-13,17,23H,11,14-16,18H2,1-3H3,(H,28,30). The maximum Gasteiger partial charge on any atom is 0.220 e. The summed E-state index contributed by atoms with van der Waals surface area (Å²) >= 11 is 0. The van der Waals surface area contributed by atoms with Gasteiger partial charge in [-0.05, 0) is 47.9 Å². The third kappa shape index (κ3) is 5.16. The maximum absolute atomic E-state index is 12.8. The number of nitrogens with zero attached hydrogens (tertiary/aromatic N) is 2. The monoisotopic (exact) mass is 417 g/mol. The number of benzene rings is 2. The molecule has 1 N–H and O–H groups in total. The molecule has 1 atom stereocenters. The van der Waals surface area contributed by atoms with E-state index in [1.54, 1.807) is 7.11 Å². The van der Waals surface area contributed by atoms with Crippen molar-refractivity contribution in [3.8, 4) is 5.75 Å². The highest BCUT2D eigenvalue weighted by Gasteiger charge is 2.35. The van der Waals surface area contributed by atoms with Crippen LogP contribution >= 0.6 is 0 Å². The quantitative estimate of drug-likeness (QED) is 0.606. The molecule has 31 heavy (non-hydrogen) atoms. The fourth-order valence-corrected chi connectivity index (χ4v) is 4.44. The van der Waals surface area contributed by atoms with Crippen molar-refractivity contribution in [3.63, 3.8) is 0 Å². The molecule has 0 radical (unpaired) electrons. The Bertz CT molecular complexity index is 1020. The van der Waals surface area contributed by atoms with E-state index in [0.717, 1.165) is 36.3 Å². The van der Waals surface area contributed by atoms with Crippen molar-refractivity contribution in [2.45, 2.75) is 52.1 Å². The molecule has 0 bridgehead atoms. The van der Waals surface area contributed by atoms with E-state index in [2.05, 4.69) is 53.2 Å². The number of aryl methyl sites for hydroxylation is 1. The lowest BCUT2D eigenvalue weighted by molar-refractivity contribution is -0.122. The molecule has 2 aromatic carbocycles. The van der Waals surface area contributed by atoms with Gasteiger partial charge in [-0.3, -0.25) is 9.48 Å². The molecule has 0 saturated heterocycles. The number of methoxy groups -OCH3 is 1. The van der Waals surface area contributed by atoms with Crippen LogP contribution in [0, 0.1) is 5.41 Å². The Kier molecular flexibility index (Phi) is 6.12. The number of nitrogens with one attached hydrogen (secondary N) is 1. The summed E-state index contributed by atoms with van der Waals surface area (Å²) in [4.78, 5) is 12.8. The number of fused-ring (bicyclic) bond motifs is 1. The maximum atomic E-state index is 12.8. The molecule has 0 saturated carbocycles. The lowest BCUT2D eigenvalue weighted by Crippen LogP contribution is -2.37. The van der Waals surface area contributed by atoms with E-state index in [1.165, 1.54) is 11.3 Å². The van der Waals surface area contributed by atoms with Crippen molar-refractivity contribution in [2.24, 2.45) is 5.41 Å². The summed E-state index contributed by atoms with van der Waals surface area (Å²) in [5.74, 6) is 0.915. The van der Waals surface area contributed by atoms with Crippen molar-refractivity contribution < 1.29 is 9.53 Å². The van der Waals surface area contributed by atoms with Crippen molar-refractivity contribution >= 4 is 5.91 Å². The lowest BCUT2D eigenvalue weighted by Gasteiger charge is -2.36. The second-order valence-electron chi connectivity index (χ2n) is 9.20. The zero-order chi connectivity index (χ0) is 21.8. The molecule has 0 fully saturated rings. The Balaban J connectivity index is 1.44. The SMILES string of the molecule is COc1ccc(CCC(=O)NC2CC(C)(C)Cc3c2cnn3Cc2ccccc2)cc1. The number of hydrogen-bond donors (Lipinski definition) is 1. The normalized spacial score (nSPS) is 17.1. The zero-order valence-electron chi connectivity index (χ0n) is 18.6. The van der Waals surface area contributed by atoms with Gasteiger partial charge in [0.25, 0.3) is 0 Å². The molecule has 1 amide bonds. The Labute approximate surface area is 184 Å². The molecule has 1 aromatic heterocycles. The Morgan fingerprint density at radius 1 is 1.13 bits per heavy atom. The van der Waals surface area contributed by atoms with Gasteiger partial charge in [0.05, 0.1) is 25.9 Å². The van der Waals surface area contributed by atoms with Gasteiger partial charge in [-0.2, -0.15) is 5.10 Å². The first-order valence-electron chi connectivity index (χ1n) is 10.9. The lowest BCUT2D eigenvalue weighted by atomic mass is 9.74. The van der Waals surface area contributed by atoms with E-state index in [1.807, 2.05) is 36.5 Å². The Morgan fingerprint density at radius 3 is 2.58 bits per heavy atom. The number of amides is 1. The summed E-state index contributed by atoms with van der Waals surface area (Å²) in [7, 11) is 1.66. The minimum atomic E-state index is 0.00615. The first-order valence-corrected chi connectivity index (χ1v) is 10.9. The highest BCUT2D eigenvalue weighted by atomic mass is 16.5. The van der Waals surface area contributed by atoms with Crippen LogP contribution in [-0.2, 0) is 24.2 Å². The van der Waals surface area contributed by atoms with E-state index in [4.69, 9.17) is 4.74 Å². The van der Waals surface area contributed by atoms with E-state index >= 15 is 0 Å². The molecule has 1 aliphatic rings. The summed E-state index contributed by atoms with van der Waals surface area (Å²) in [6.07, 6.45) is 5.02. The highest BCUT2D eigenvalue weighted by Crippen LogP contribution is 2.40. The van der Waals surface area contributed by atoms with Crippen molar-refractivity contribution in [1.82, 2.24) is 15.1 Å². The largest absolute Gasteiger partial charge is 0.497 e. The fourth-order valence-electron chi connectivity index (χ4n) is 4.44. The first kappa shape index (κ1) is 21.2. The minimum absolute atomic E-state index is 0.00615. The van der Waals surface area contributed by atoms with Gasteiger partial charge >= 0.3 is 0 Å². The summed E-state index contributed by atoms with van der Waals surface area (Å²) in [5.41, 5.74) is 4.87. The molecular formula is C26H31N3O2. The molecule has 1 heterocycles. The molecule has 0 aliphatic heterocycles. The minimum Gasteiger partial charge on any atom is -0.497 e. The molecule has 3 aromatic rings. The van der Waals surface area contributed by atoms with Crippen LogP contribution in [0.1, 0.15) is 55.1 Å². The molecular weight excluding hydrogens is 386 g/mol. The molecule has 1 aliphatic carbocycles. The van der Waals surface area contributed by atoms with Gasteiger partial charge < -0.3 is 10.1 Å². The fraction of sp³-hybridized carbons (Fsp3) is 0.385. The summed E-state index contributed by atoms with van der Waals surface area (Å²) in [6.45, 7) is 5.29. The van der Waals surface area contributed by atoms with Crippen LogP contribution < -0.4 is 10.1 Å². The van der Waals surface area contributed by atoms with Gasteiger partial charge in [0, 0.05) is 17.7 Å². The Hall–Kier alpha value is -3.08. The van der Waals surface area contributed by atoms with Gasteiger partial charge in [0.2, 0.25) is 5.91 Å². The van der Waals surface area contributed by atoms with Crippen LogP contribution in [-0.4, -0.2) is 22.8 Å². The van der Waals surface area contributed by atoms with Crippen LogP contribution in [0.2, 0.25) is 0 Å². The Morgan fingerprint density at radius 2 is 1.87 bits per heavy atom. The van der Waals surface area contributed by atoms with Crippen LogP contribution in [0.25, 0.3) is 0 Å².